The van der Waals surface area contributed by atoms with Crippen LogP contribution >= 0.6 is 11.6 Å². The molecule has 1 atom stereocenters. The van der Waals surface area contributed by atoms with Crippen molar-refractivity contribution in [2.45, 2.75) is 12.3 Å². The van der Waals surface area contributed by atoms with E-state index < -0.39 is 5.92 Å². The first kappa shape index (κ1) is 16.9. The number of carbonyl (C=O) groups excluding carboxylic acids is 2. The largest absolute Gasteiger partial charge is 0.367 e. The van der Waals surface area contributed by atoms with E-state index in [2.05, 4.69) is 10.2 Å². The summed E-state index contributed by atoms with van der Waals surface area (Å²) < 4.78 is 0. The zero-order valence-corrected chi connectivity index (χ0v) is 15.1. The van der Waals surface area contributed by atoms with E-state index in [1.54, 1.807) is 0 Å². The standard InChI is InChI=1S/C20H20ClN3O2/c21-16-6-2-4-8-18(16)23-9-11-24(12-10-23)20(26)15-13-19(25)22-17-7-3-1-5-14(15)17/h1-8,15H,9-13H2,(H,22,25)/t15-/m0/s1. The van der Waals surface area contributed by atoms with Crippen LogP contribution in [-0.4, -0.2) is 42.9 Å². The minimum atomic E-state index is -0.396. The molecule has 2 aliphatic rings. The highest BCUT2D eigenvalue weighted by Crippen LogP contribution is 2.34. The van der Waals surface area contributed by atoms with Crippen LogP contribution in [0.4, 0.5) is 11.4 Å². The highest BCUT2D eigenvalue weighted by atomic mass is 35.5. The Kier molecular flexibility index (Phi) is 4.55. The lowest BCUT2D eigenvalue weighted by atomic mass is 9.89. The van der Waals surface area contributed by atoms with Gasteiger partial charge in [0.05, 0.1) is 16.6 Å². The number of fused-ring (bicyclic) bond motifs is 1. The summed E-state index contributed by atoms with van der Waals surface area (Å²) in [5.41, 5.74) is 2.66. The van der Waals surface area contributed by atoms with Crippen LogP contribution in [0.15, 0.2) is 48.5 Å². The predicted molar refractivity (Wildman–Crippen MR) is 103 cm³/mol. The molecule has 0 saturated carbocycles. The summed E-state index contributed by atoms with van der Waals surface area (Å²) in [6.45, 7) is 2.72. The molecule has 2 heterocycles. The van der Waals surface area contributed by atoms with Crippen molar-refractivity contribution in [3.63, 3.8) is 0 Å². The van der Waals surface area contributed by atoms with Crippen molar-refractivity contribution in [3.05, 3.63) is 59.1 Å². The van der Waals surface area contributed by atoms with Crippen LogP contribution in [0.1, 0.15) is 17.9 Å². The summed E-state index contributed by atoms with van der Waals surface area (Å²) in [6.07, 6.45) is 0.209. The van der Waals surface area contributed by atoms with Gasteiger partial charge in [0.15, 0.2) is 0 Å². The third kappa shape index (κ3) is 3.15. The molecular weight excluding hydrogens is 350 g/mol. The number of anilines is 2. The first-order chi connectivity index (χ1) is 12.6. The predicted octanol–water partition coefficient (Wildman–Crippen LogP) is 3.11. The van der Waals surface area contributed by atoms with E-state index in [0.717, 1.165) is 35.1 Å². The minimum absolute atomic E-state index is 0.0334. The number of hydrogen-bond donors (Lipinski definition) is 1. The van der Waals surface area contributed by atoms with E-state index >= 15 is 0 Å². The van der Waals surface area contributed by atoms with Crippen molar-refractivity contribution in [1.29, 1.82) is 0 Å². The second kappa shape index (κ2) is 7.00. The molecule has 6 heteroatoms. The summed E-state index contributed by atoms with van der Waals surface area (Å²) in [5.74, 6) is -0.463. The highest BCUT2D eigenvalue weighted by molar-refractivity contribution is 6.33. The van der Waals surface area contributed by atoms with Crippen molar-refractivity contribution in [1.82, 2.24) is 4.90 Å². The lowest BCUT2D eigenvalue weighted by Gasteiger charge is -2.38. The quantitative estimate of drug-likeness (QED) is 0.884. The fourth-order valence-corrected chi connectivity index (χ4v) is 3.98. The van der Waals surface area contributed by atoms with Gasteiger partial charge in [-0.15, -0.1) is 0 Å². The lowest BCUT2D eigenvalue weighted by molar-refractivity contribution is -0.135. The number of hydrogen-bond acceptors (Lipinski definition) is 3. The maximum Gasteiger partial charge on any atom is 0.230 e. The first-order valence-corrected chi connectivity index (χ1v) is 9.18. The number of carbonyl (C=O) groups is 2. The Morgan fingerprint density at radius 1 is 1.00 bits per heavy atom. The fraction of sp³-hybridized carbons (Fsp3) is 0.300. The molecule has 0 spiro atoms. The van der Waals surface area contributed by atoms with E-state index in [0.29, 0.717) is 13.1 Å². The Bertz CT molecular complexity index is 846. The number of nitrogens with zero attached hydrogens (tertiary/aromatic N) is 2. The van der Waals surface area contributed by atoms with Gasteiger partial charge < -0.3 is 15.1 Å². The Morgan fingerprint density at radius 3 is 2.46 bits per heavy atom. The maximum absolute atomic E-state index is 13.1. The molecule has 4 rings (SSSR count). The summed E-state index contributed by atoms with van der Waals surface area (Å²) in [4.78, 5) is 29.1. The molecule has 2 aliphatic heterocycles. The second-order valence-electron chi connectivity index (χ2n) is 6.66. The molecule has 0 aromatic heterocycles. The fourth-order valence-electron chi connectivity index (χ4n) is 3.73. The number of nitrogens with one attached hydrogen (secondary N) is 1. The van der Waals surface area contributed by atoms with Gasteiger partial charge in [-0.25, -0.2) is 0 Å². The van der Waals surface area contributed by atoms with Crippen LogP contribution in [-0.2, 0) is 9.59 Å². The summed E-state index contributed by atoms with van der Waals surface area (Å²) in [6, 6.07) is 15.3. The minimum Gasteiger partial charge on any atom is -0.367 e. The molecule has 2 aromatic rings. The van der Waals surface area contributed by atoms with Gasteiger partial charge in [-0.1, -0.05) is 41.9 Å². The lowest BCUT2D eigenvalue weighted by Crippen LogP contribution is -2.50. The van der Waals surface area contributed by atoms with Crippen LogP contribution < -0.4 is 10.2 Å². The van der Waals surface area contributed by atoms with Crippen molar-refractivity contribution in [3.8, 4) is 0 Å². The van der Waals surface area contributed by atoms with Gasteiger partial charge in [-0.3, -0.25) is 9.59 Å². The van der Waals surface area contributed by atoms with E-state index in [1.807, 2.05) is 53.4 Å². The molecule has 1 N–H and O–H groups in total. The molecule has 134 valence electrons. The average molecular weight is 370 g/mol. The van der Waals surface area contributed by atoms with E-state index in [-0.39, 0.29) is 18.2 Å². The molecule has 0 aliphatic carbocycles. The van der Waals surface area contributed by atoms with Crippen molar-refractivity contribution < 1.29 is 9.59 Å². The third-order valence-corrected chi connectivity index (χ3v) is 5.40. The Labute approximate surface area is 157 Å². The molecule has 0 unspecified atom stereocenters. The molecule has 26 heavy (non-hydrogen) atoms. The van der Waals surface area contributed by atoms with Gasteiger partial charge in [-0.05, 0) is 23.8 Å². The molecule has 0 radical (unpaired) electrons. The van der Waals surface area contributed by atoms with Crippen LogP contribution in [0.2, 0.25) is 5.02 Å². The van der Waals surface area contributed by atoms with Crippen LogP contribution in [0.25, 0.3) is 0 Å². The number of amides is 2. The smallest absolute Gasteiger partial charge is 0.230 e. The average Bonchev–Trinajstić information content (AvgIpc) is 2.67. The number of halogens is 1. The van der Waals surface area contributed by atoms with Gasteiger partial charge in [0, 0.05) is 38.3 Å². The number of rotatable bonds is 2. The van der Waals surface area contributed by atoms with Gasteiger partial charge in [0.2, 0.25) is 11.8 Å². The van der Waals surface area contributed by atoms with Crippen LogP contribution in [0.5, 0.6) is 0 Å². The van der Waals surface area contributed by atoms with E-state index in [9.17, 15) is 9.59 Å². The molecular formula is C20H20ClN3O2. The number of piperazine rings is 1. The van der Waals surface area contributed by atoms with Crippen molar-refractivity contribution in [2.75, 3.05) is 36.4 Å². The Morgan fingerprint density at radius 2 is 1.69 bits per heavy atom. The van der Waals surface area contributed by atoms with Crippen LogP contribution in [0, 0.1) is 0 Å². The molecule has 0 bridgehead atoms. The number of para-hydroxylation sites is 2. The normalized spacial score (nSPS) is 19.7. The topological polar surface area (TPSA) is 52.7 Å². The Hall–Kier alpha value is -2.53. The van der Waals surface area contributed by atoms with Gasteiger partial charge >= 0.3 is 0 Å². The summed E-state index contributed by atoms with van der Waals surface area (Å²) in [7, 11) is 0. The molecule has 1 fully saturated rings. The summed E-state index contributed by atoms with van der Waals surface area (Å²) >= 11 is 6.28. The third-order valence-electron chi connectivity index (χ3n) is 5.08. The molecule has 1 saturated heterocycles. The number of benzene rings is 2. The monoisotopic (exact) mass is 369 g/mol. The molecule has 2 aromatic carbocycles. The summed E-state index contributed by atoms with van der Waals surface area (Å²) in [5, 5.41) is 3.58. The Balaban J connectivity index is 1.48. The highest BCUT2D eigenvalue weighted by Gasteiger charge is 2.34. The van der Waals surface area contributed by atoms with E-state index in [1.165, 1.54) is 0 Å². The van der Waals surface area contributed by atoms with Crippen LogP contribution in [0.3, 0.4) is 0 Å². The molecule has 2 amide bonds. The van der Waals surface area contributed by atoms with Crippen molar-refractivity contribution in [2.24, 2.45) is 0 Å². The second-order valence-corrected chi connectivity index (χ2v) is 7.06. The maximum atomic E-state index is 13.1. The molecule has 5 nitrogen and oxygen atoms in total. The van der Waals surface area contributed by atoms with Gasteiger partial charge in [-0.2, -0.15) is 0 Å². The van der Waals surface area contributed by atoms with Gasteiger partial charge in [0.25, 0.3) is 0 Å². The zero-order chi connectivity index (χ0) is 18.1. The zero-order valence-electron chi connectivity index (χ0n) is 14.3. The first-order valence-electron chi connectivity index (χ1n) is 8.80. The SMILES string of the molecule is O=C1C[C@H](C(=O)N2CCN(c3ccccc3Cl)CC2)c2ccccc2N1. The van der Waals surface area contributed by atoms with Crippen molar-refractivity contribution >= 4 is 34.8 Å². The van der Waals surface area contributed by atoms with Gasteiger partial charge in [0.1, 0.15) is 0 Å². The van der Waals surface area contributed by atoms with E-state index in [4.69, 9.17) is 11.6 Å².